The van der Waals surface area contributed by atoms with Crippen molar-refractivity contribution in [3.05, 3.63) is 364 Å². The molecule has 0 unspecified atom stereocenters. The topological polar surface area (TPSA) is 165 Å². The van der Waals surface area contributed by atoms with Crippen molar-refractivity contribution < 1.29 is 0 Å². The van der Waals surface area contributed by atoms with Gasteiger partial charge in [-0.15, -0.1) is 0 Å². The molecule has 123 heavy (non-hydrogen) atoms. The van der Waals surface area contributed by atoms with E-state index >= 15 is 0 Å². The SMILES string of the molecule is c1ccc2c(c1)N1B(N3B(N4B1N(c1nc(-n5c6ccccc6c6ccccc65)nc(-n5c6ccccc6c6ccccc65)n1)c1ccccc14)N(c1nc(-n4c5ccccc5c5ccccc54)nc(-n4c5ccccc5c5ccccc54)n1)c1ccccc13)N2c1nc(-n2c3ccccc3c3ccccc32)nc(-n2c3ccccc3c3ccccc32)n1. The maximum absolute atomic E-state index is 6.01. The van der Waals surface area contributed by atoms with E-state index < -0.39 is 21.4 Å². The van der Waals surface area contributed by atoms with E-state index in [-0.39, 0.29) is 0 Å². The summed E-state index contributed by atoms with van der Waals surface area (Å²) in [6.45, 7) is 0. The molecule has 4 aliphatic rings. The highest BCUT2D eigenvalue weighted by atomic mass is 15.6. The fourth-order valence-corrected chi connectivity index (χ4v) is 20.7. The Labute approximate surface area is 700 Å². The molecule has 24 aromatic rings. The Morgan fingerprint density at radius 1 is 0.130 bits per heavy atom. The van der Waals surface area contributed by atoms with Gasteiger partial charge in [0, 0.05) is 81.7 Å². The van der Waals surface area contributed by atoms with Gasteiger partial charge in [0.2, 0.25) is 53.5 Å². The van der Waals surface area contributed by atoms with E-state index in [1.165, 1.54) is 0 Å². The van der Waals surface area contributed by atoms with Crippen molar-refractivity contribution in [1.82, 2.24) is 72.3 Å². The number of hydrogen-bond acceptors (Lipinski definition) is 15. The van der Waals surface area contributed by atoms with Gasteiger partial charge in [-0.2, -0.15) is 44.9 Å². The molecule has 0 amide bonds. The highest BCUT2D eigenvalue weighted by molar-refractivity contribution is 7.11. The summed E-state index contributed by atoms with van der Waals surface area (Å²) in [5.74, 6) is 3.72. The van der Waals surface area contributed by atoms with Crippen LogP contribution < -0.4 is 28.6 Å². The van der Waals surface area contributed by atoms with Crippen LogP contribution in [0.5, 0.6) is 0 Å². The normalized spacial score (nSPS) is 13.7. The first-order chi connectivity index (χ1) is 61.1. The molecule has 0 atom stereocenters. The molecule has 15 aromatic carbocycles. The molecule has 0 radical (unpaired) electrons. The maximum atomic E-state index is 6.01. The molecule has 13 heterocycles. The van der Waals surface area contributed by atoms with Crippen molar-refractivity contribution in [3.8, 4) is 35.7 Å². The lowest BCUT2D eigenvalue weighted by molar-refractivity contribution is 0.883. The molecule has 570 valence electrons. The minimum atomic E-state index is -0.873. The van der Waals surface area contributed by atoms with E-state index in [2.05, 4.69) is 420 Å². The minimum absolute atomic E-state index is 0.383. The number of hydrogen-bond donors (Lipinski definition) is 0. The summed E-state index contributed by atoms with van der Waals surface area (Å²) in [5, 5.41) is 12.8. The van der Waals surface area contributed by atoms with Crippen LogP contribution in [0, 0.1) is 0 Å². The average Bonchev–Trinajstić information content (AvgIpc) is 1.50. The zero-order chi connectivity index (χ0) is 80.0. The molecule has 0 spiro atoms. The third kappa shape index (κ3) is 9.02. The summed E-state index contributed by atoms with van der Waals surface area (Å²) in [6.07, 6.45) is 0. The Hall–Kier alpha value is -16.9. The van der Waals surface area contributed by atoms with E-state index in [1.54, 1.807) is 0 Å². The second-order valence-corrected chi connectivity index (χ2v) is 31.8. The number of aromatic nitrogens is 15. The van der Waals surface area contributed by atoms with Gasteiger partial charge >= 0.3 is 21.4 Å². The van der Waals surface area contributed by atoms with E-state index in [9.17, 15) is 0 Å². The van der Waals surface area contributed by atoms with Gasteiger partial charge in [0.05, 0.1) is 83.3 Å². The lowest BCUT2D eigenvalue weighted by Gasteiger charge is -2.50. The first-order valence-electron chi connectivity index (χ1n) is 41.3. The zero-order valence-electron chi connectivity index (χ0n) is 65.3. The van der Waals surface area contributed by atoms with Gasteiger partial charge in [-0.05, 0) is 109 Å². The number of para-hydroxylation sites is 18. The molecule has 21 nitrogen and oxygen atoms in total. The third-order valence-corrected chi connectivity index (χ3v) is 25.6. The summed E-state index contributed by atoms with van der Waals surface area (Å²) in [7, 11) is -2.62. The molecule has 0 aliphatic carbocycles. The summed E-state index contributed by atoms with van der Waals surface area (Å²) in [5.41, 5.74) is 16.5. The molecule has 1 saturated heterocycles. The highest BCUT2D eigenvalue weighted by Gasteiger charge is 2.71. The molecule has 9 aromatic heterocycles. The molecular formula is C99H60B3N21. The monoisotopic (exact) mass is 1580 g/mol. The van der Waals surface area contributed by atoms with Crippen LogP contribution in [0.3, 0.4) is 0 Å². The molecule has 4 aliphatic heterocycles. The number of nitrogens with zero attached hydrogens (tertiary/aromatic N) is 21. The summed E-state index contributed by atoms with van der Waals surface area (Å²) >= 11 is 0. The Kier molecular flexibility index (Phi) is 13.4. The van der Waals surface area contributed by atoms with E-state index in [0.717, 1.165) is 165 Å². The minimum Gasteiger partial charge on any atom is -0.382 e. The number of fused-ring (bicyclic) bond motifs is 30. The van der Waals surface area contributed by atoms with Gasteiger partial charge in [-0.1, -0.05) is 255 Å². The smallest absolute Gasteiger partial charge is 0.382 e. The lowest BCUT2D eigenvalue weighted by Crippen LogP contribution is -2.84. The molecule has 0 saturated carbocycles. The second-order valence-electron chi connectivity index (χ2n) is 31.8. The van der Waals surface area contributed by atoms with Crippen molar-refractivity contribution in [2.45, 2.75) is 0 Å². The Bertz CT molecular complexity index is 7180. The lowest BCUT2D eigenvalue weighted by atomic mass is 9.56. The average molecular weight is 1580 g/mol. The first-order valence-corrected chi connectivity index (χ1v) is 41.3. The van der Waals surface area contributed by atoms with Crippen molar-refractivity contribution >= 4 is 204 Å². The van der Waals surface area contributed by atoms with Gasteiger partial charge in [-0.3, -0.25) is 27.4 Å². The van der Waals surface area contributed by atoms with Gasteiger partial charge in [0.15, 0.2) is 0 Å². The predicted octanol–water partition coefficient (Wildman–Crippen LogP) is 21.1. The van der Waals surface area contributed by atoms with Crippen LogP contribution in [0.4, 0.5) is 52.0 Å². The van der Waals surface area contributed by atoms with Crippen LogP contribution in [-0.2, 0) is 0 Å². The van der Waals surface area contributed by atoms with Gasteiger partial charge in [-0.25, -0.2) is 0 Å². The fourth-order valence-electron chi connectivity index (χ4n) is 20.7. The van der Waals surface area contributed by atoms with Crippen LogP contribution in [0.1, 0.15) is 0 Å². The van der Waals surface area contributed by atoms with Crippen molar-refractivity contribution in [2.75, 3.05) is 28.6 Å². The summed E-state index contributed by atoms with van der Waals surface area (Å²) < 4.78 is 20.8. The quantitative estimate of drug-likeness (QED) is 0.125. The van der Waals surface area contributed by atoms with Crippen LogP contribution in [0.2, 0.25) is 0 Å². The first kappa shape index (κ1) is 66.2. The molecular weight excluding hydrogens is 1520 g/mol. The van der Waals surface area contributed by atoms with Crippen LogP contribution in [-0.4, -0.2) is 93.6 Å². The fraction of sp³-hybridized carbons (Fsp3) is 0. The third-order valence-electron chi connectivity index (χ3n) is 25.6. The Morgan fingerprint density at radius 2 is 0.252 bits per heavy atom. The van der Waals surface area contributed by atoms with Crippen molar-refractivity contribution in [1.29, 1.82) is 0 Å². The van der Waals surface area contributed by atoms with Gasteiger partial charge < -0.3 is 28.6 Å². The van der Waals surface area contributed by atoms with Crippen LogP contribution >= 0.6 is 0 Å². The number of benzene rings is 15. The molecule has 0 N–H and O–H groups in total. The van der Waals surface area contributed by atoms with E-state index in [4.69, 9.17) is 44.9 Å². The van der Waals surface area contributed by atoms with Crippen molar-refractivity contribution in [3.63, 3.8) is 0 Å². The van der Waals surface area contributed by atoms with E-state index in [0.29, 0.717) is 53.5 Å². The van der Waals surface area contributed by atoms with Crippen LogP contribution in [0.25, 0.3) is 167 Å². The highest BCUT2D eigenvalue weighted by Crippen LogP contribution is 2.58. The molecule has 24 heteroatoms. The van der Waals surface area contributed by atoms with Crippen molar-refractivity contribution in [2.24, 2.45) is 0 Å². The number of rotatable bonds is 9. The van der Waals surface area contributed by atoms with Crippen LogP contribution in [0.15, 0.2) is 364 Å². The Balaban J connectivity index is 0.755. The number of anilines is 9. The largest absolute Gasteiger partial charge is 0.492 e. The molecule has 0 bridgehead atoms. The summed E-state index contributed by atoms with van der Waals surface area (Å²) in [6, 6.07) is 128. The molecule has 1 fully saturated rings. The van der Waals surface area contributed by atoms with Gasteiger partial charge in [0.25, 0.3) is 0 Å². The van der Waals surface area contributed by atoms with E-state index in [1.807, 2.05) is 0 Å². The zero-order valence-corrected chi connectivity index (χ0v) is 65.3. The standard InChI is InChI=1S/C99H60B3N21/c1-13-43-73-61(31-1)62-32-2-14-44-74(62)112(73)91-103-92(113-75-45-15-3-33-63(75)64-34-4-16-46-76(64)113)107-97(106-91)118-85-55-25-28-58-88(85)121-100(118)122-89-59-29-26-56-86(89)119(98-108-93(114-77-47-17-5-35-65(77)66-36-6-18-48-78(66)114)104-94(109-98)115-79-49-19-7-37-67(79)68-38-8-20-50-80(68)115)102(122)123-90-60-30-27-57-87(90)120(101(121)123)99-110-95(116-81-51-21-9-39-69(81)70-40-10-22-52-82(70)116)105-96(111-99)117-83-53-23-11-41-71(83)72-42-12-24-54-84(72)117/h1-60H. The maximum Gasteiger partial charge on any atom is 0.492 e. The Morgan fingerprint density at radius 3 is 0.407 bits per heavy atom. The van der Waals surface area contributed by atoms with Gasteiger partial charge in [0.1, 0.15) is 0 Å². The second kappa shape index (κ2) is 24.9. The predicted molar refractivity (Wildman–Crippen MR) is 496 cm³/mol. The summed E-state index contributed by atoms with van der Waals surface area (Å²) in [4.78, 5) is 60.4. The molecule has 28 rings (SSSR count).